The number of aliphatic imine (C=N–C) groups is 1. The zero-order valence-corrected chi connectivity index (χ0v) is 11.5. The third-order valence-electron chi connectivity index (χ3n) is 2.63. The average Bonchev–Trinajstić information content (AvgIpc) is 2.67. The zero-order chi connectivity index (χ0) is 13.4. The van der Waals surface area contributed by atoms with Gasteiger partial charge in [0.1, 0.15) is 0 Å². The molecule has 18 heavy (non-hydrogen) atoms. The minimum atomic E-state index is -2.89. The second-order valence-corrected chi connectivity index (χ2v) is 6.40. The Morgan fingerprint density at radius 3 is 2.89 bits per heavy atom. The van der Waals surface area contributed by atoms with Crippen LogP contribution >= 0.6 is 0 Å². The number of rotatable bonds is 6. The highest BCUT2D eigenvalue weighted by molar-refractivity contribution is 7.91. The maximum atomic E-state index is 11.3. The van der Waals surface area contributed by atoms with Gasteiger partial charge in [0.2, 0.25) is 5.96 Å². The van der Waals surface area contributed by atoms with Crippen LogP contribution in [0.25, 0.3) is 0 Å². The topological polar surface area (TPSA) is 106 Å². The maximum Gasteiger partial charge on any atom is 0.205 e. The number of hydrogen-bond acceptors (Lipinski definition) is 5. The first-order chi connectivity index (χ1) is 8.57. The quantitative estimate of drug-likeness (QED) is 0.189. The van der Waals surface area contributed by atoms with Crippen LogP contribution in [0, 0.1) is 0 Å². The molecule has 1 unspecified atom stereocenters. The normalized spacial score (nSPS) is 23.0. The lowest BCUT2D eigenvalue weighted by Crippen LogP contribution is -2.47. The Hall–Kier alpha value is -0.860. The van der Waals surface area contributed by atoms with Gasteiger partial charge in [-0.05, 0) is 19.8 Å². The van der Waals surface area contributed by atoms with Crippen molar-refractivity contribution in [3.05, 3.63) is 0 Å². The molecule has 0 saturated carbocycles. The highest BCUT2D eigenvalue weighted by Crippen LogP contribution is 2.10. The van der Waals surface area contributed by atoms with Gasteiger partial charge in [0.05, 0.1) is 11.5 Å². The van der Waals surface area contributed by atoms with Crippen LogP contribution in [0.2, 0.25) is 0 Å². The molecule has 0 amide bonds. The van der Waals surface area contributed by atoms with E-state index in [9.17, 15) is 8.42 Å². The number of hydrazine groups is 1. The number of nitrogens with zero attached hydrogens (tertiary/aromatic N) is 1. The second-order valence-electron chi connectivity index (χ2n) is 4.17. The Morgan fingerprint density at radius 1 is 1.56 bits per heavy atom. The summed E-state index contributed by atoms with van der Waals surface area (Å²) in [5, 5.41) is 3.01. The summed E-state index contributed by atoms with van der Waals surface area (Å²) in [6, 6.07) is -0.100. The molecule has 1 rings (SSSR count). The van der Waals surface area contributed by atoms with Crippen LogP contribution in [-0.4, -0.2) is 51.7 Å². The summed E-state index contributed by atoms with van der Waals surface area (Å²) in [5.41, 5.74) is 2.45. The van der Waals surface area contributed by atoms with Gasteiger partial charge in [-0.1, -0.05) is 0 Å². The molecule has 0 aromatic heterocycles. The zero-order valence-electron chi connectivity index (χ0n) is 10.7. The van der Waals surface area contributed by atoms with E-state index in [4.69, 9.17) is 10.6 Å². The number of nitrogens with one attached hydrogen (secondary N) is 2. The summed E-state index contributed by atoms with van der Waals surface area (Å²) in [5.74, 6) is 6.15. The van der Waals surface area contributed by atoms with Gasteiger partial charge >= 0.3 is 0 Å². The molecule has 0 aromatic rings. The molecule has 0 spiro atoms. The third kappa shape index (κ3) is 5.65. The van der Waals surface area contributed by atoms with Crippen LogP contribution in [0.15, 0.2) is 4.99 Å². The van der Waals surface area contributed by atoms with Crippen LogP contribution in [0.1, 0.15) is 19.8 Å². The largest absolute Gasteiger partial charge is 0.382 e. The van der Waals surface area contributed by atoms with Crippen LogP contribution in [0.3, 0.4) is 0 Å². The van der Waals surface area contributed by atoms with Crippen molar-refractivity contribution < 1.29 is 13.2 Å². The molecule has 0 aromatic carbocycles. The van der Waals surface area contributed by atoms with Crippen LogP contribution in [-0.2, 0) is 14.6 Å². The maximum absolute atomic E-state index is 11.3. The molecule has 1 aliphatic heterocycles. The van der Waals surface area contributed by atoms with Gasteiger partial charge in [-0.2, -0.15) is 0 Å². The monoisotopic (exact) mass is 278 g/mol. The fourth-order valence-corrected chi connectivity index (χ4v) is 3.41. The first-order valence-corrected chi connectivity index (χ1v) is 7.95. The van der Waals surface area contributed by atoms with Gasteiger partial charge in [-0.3, -0.25) is 10.4 Å². The number of ether oxygens (including phenoxy) is 1. The van der Waals surface area contributed by atoms with Crippen molar-refractivity contribution in [2.45, 2.75) is 25.8 Å². The van der Waals surface area contributed by atoms with Crippen molar-refractivity contribution >= 4 is 15.8 Å². The van der Waals surface area contributed by atoms with E-state index in [1.807, 2.05) is 6.92 Å². The Balaban J connectivity index is 2.31. The van der Waals surface area contributed by atoms with Crippen molar-refractivity contribution in [1.29, 1.82) is 0 Å². The van der Waals surface area contributed by atoms with Crippen molar-refractivity contribution in [2.24, 2.45) is 10.8 Å². The SMILES string of the molecule is CCOCCCN=C(NN)NC1CCS(=O)(=O)C1. The molecule has 7 nitrogen and oxygen atoms in total. The van der Waals surface area contributed by atoms with Crippen LogP contribution < -0.4 is 16.6 Å². The van der Waals surface area contributed by atoms with E-state index in [0.29, 0.717) is 32.1 Å². The fourth-order valence-electron chi connectivity index (χ4n) is 1.74. The molecular weight excluding hydrogens is 256 g/mol. The van der Waals surface area contributed by atoms with E-state index < -0.39 is 9.84 Å². The standard InChI is InChI=1S/C10H22N4O3S/c1-2-17-6-3-5-12-10(14-11)13-9-4-7-18(15,16)8-9/h9H,2-8,11H2,1H3,(H2,12,13,14). The minimum Gasteiger partial charge on any atom is -0.382 e. The molecule has 8 heteroatoms. The number of nitrogens with two attached hydrogens (primary N) is 1. The molecule has 0 bridgehead atoms. The van der Waals surface area contributed by atoms with Gasteiger partial charge in [-0.15, -0.1) is 0 Å². The van der Waals surface area contributed by atoms with Crippen LogP contribution in [0.5, 0.6) is 0 Å². The smallest absolute Gasteiger partial charge is 0.205 e. The minimum absolute atomic E-state index is 0.100. The Morgan fingerprint density at radius 2 is 2.33 bits per heavy atom. The summed E-state index contributed by atoms with van der Waals surface area (Å²) < 4.78 is 27.8. The highest BCUT2D eigenvalue weighted by atomic mass is 32.2. The third-order valence-corrected chi connectivity index (χ3v) is 4.40. The van der Waals surface area contributed by atoms with Crippen molar-refractivity contribution in [3.8, 4) is 0 Å². The summed E-state index contributed by atoms with van der Waals surface area (Å²) in [6.45, 7) is 3.89. The predicted molar refractivity (Wildman–Crippen MR) is 70.9 cm³/mol. The molecular formula is C10H22N4O3S. The molecule has 0 radical (unpaired) electrons. The first kappa shape index (κ1) is 15.2. The summed E-state index contributed by atoms with van der Waals surface area (Å²) >= 11 is 0. The molecule has 106 valence electrons. The average molecular weight is 278 g/mol. The molecule has 1 fully saturated rings. The van der Waals surface area contributed by atoms with E-state index in [-0.39, 0.29) is 17.5 Å². The highest BCUT2D eigenvalue weighted by Gasteiger charge is 2.28. The van der Waals surface area contributed by atoms with E-state index in [2.05, 4.69) is 15.7 Å². The van der Waals surface area contributed by atoms with Gasteiger partial charge in [0.25, 0.3) is 0 Å². The first-order valence-electron chi connectivity index (χ1n) is 6.13. The Labute approximate surface area is 108 Å². The van der Waals surface area contributed by atoms with E-state index in [1.165, 1.54) is 0 Å². The summed E-state index contributed by atoms with van der Waals surface area (Å²) in [6.07, 6.45) is 1.41. The lowest BCUT2D eigenvalue weighted by molar-refractivity contribution is 0.146. The molecule has 1 aliphatic rings. The van der Waals surface area contributed by atoms with Crippen molar-refractivity contribution in [2.75, 3.05) is 31.3 Å². The molecule has 0 aliphatic carbocycles. The number of sulfone groups is 1. The summed E-state index contributed by atoms with van der Waals surface area (Å²) in [7, 11) is -2.89. The molecule has 1 atom stereocenters. The molecule has 1 saturated heterocycles. The lowest BCUT2D eigenvalue weighted by Gasteiger charge is -2.14. The summed E-state index contributed by atoms with van der Waals surface area (Å²) in [4.78, 5) is 4.22. The predicted octanol–water partition coefficient (Wildman–Crippen LogP) is -0.991. The van der Waals surface area contributed by atoms with Gasteiger partial charge in [-0.25, -0.2) is 14.3 Å². The van der Waals surface area contributed by atoms with E-state index in [0.717, 1.165) is 6.42 Å². The van der Waals surface area contributed by atoms with Gasteiger partial charge < -0.3 is 10.1 Å². The van der Waals surface area contributed by atoms with Crippen LogP contribution in [0.4, 0.5) is 0 Å². The number of hydrogen-bond donors (Lipinski definition) is 3. The molecule has 1 heterocycles. The second kappa shape index (κ2) is 7.55. The van der Waals surface area contributed by atoms with E-state index >= 15 is 0 Å². The Bertz CT molecular complexity index is 369. The fraction of sp³-hybridized carbons (Fsp3) is 0.900. The Kier molecular flexibility index (Phi) is 6.37. The van der Waals surface area contributed by atoms with Gasteiger partial charge in [0, 0.05) is 25.8 Å². The lowest BCUT2D eigenvalue weighted by atomic mass is 10.3. The van der Waals surface area contributed by atoms with E-state index in [1.54, 1.807) is 0 Å². The van der Waals surface area contributed by atoms with Gasteiger partial charge in [0.15, 0.2) is 9.84 Å². The number of guanidine groups is 1. The van der Waals surface area contributed by atoms with Crippen molar-refractivity contribution in [1.82, 2.24) is 10.7 Å². The van der Waals surface area contributed by atoms with Crippen molar-refractivity contribution in [3.63, 3.8) is 0 Å². The molecule has 4 N–H and O–H groups in total.